The fourth-order valence-electron chi connectivity index (χ4n) is 1.38. The van der Waals surface area contributed by atoms with Crippen LogP contribution in [0.25, 0.3) is 0 Å². The maximum atomic E-state index is 12.9. The van der Waals surface area contributed by atoms with Crippen molar-refractivity contribution in [2.75, 3.05) is 7.11 Å². The number of alkyl halides is 2. The Balaban J connectivity index is 2.27. The Hall–Kier alpha value is -1.23. The molecule has 0 aliphatic heterocycles. The Labute approximate surface area is 79.9 Å². The largest absolute Gasteiger partial charge is 0.481 e. The molecule has 1 saturated carbocycles. The molecule has 76 valence electrons. The van der Waals surface area contributed by atoms with Crippen molar-refractivity contribution >= 4 is 0 Å². The second kappa shape index (κ2) is 2.63. The Morgan fingerprint density at radius 3 is 2.50 bits per heavy atom. The third-order valence-electron chi connectivity index (χ3n) is 2.49. The van der Waals surface area contributed by atoms with E-state index in [1.165, 1.54) is 25.4 Å². The highest BCUT2D eigenvalue weighted by Crippen LogP contribution is 2.57. The highest BCUT2D eigenvalue weighted by atomic mass is 19.3. The molecule has 1 fully saturated rings. The molecule has 1 heterocycles. The number of hydrogen-bond acceptors (Lipinski definition) is 3. The molecule has 3 nitrogen and oxygen atoms in total. The van der Waals surface area contributed by atoms with Crippen LogP contribution in [0.3, 0.4) is 0 Å². The molecule has 2 N–H and O–H groups in total. The number of methoxy groups -OCH3 is 1. The van der Waals surface area contributed by atoms with E-state index in [4.69, 9.17) is 10.5 Å². The van der Waals surface area contributed by atoms with Crippen LogP contribution in [0.4, 0.5) is 8.78 Å². The lowest BCUT2D eigenvalue weighted by molar-refractivity contribution is 0.0890. The summed E-state index contributed by atoms with van der Waals surface area (Å²) in [5.74, 6) is -2.41. The highest BCUT2D eigenvalue weighted by molar-refractivity contribution is 5.35. The minimum atomic E-state index is -2.80. The predicted molar refractivity (Wildman–Crippen MR) is 46.2 cm³/mol. The van der Waals surface area contributed by atoms with Crippen LogP contribution in [0.2, 0.25) is 0 Å². The molecule has 1 aliphatic rings. The van der Waals surface area contributed by atoms with Crippen molar-refractivity contribution in [3.05, 3.63) is 23.9 Å². The first-order chi connectivity index (χ1) is 6.49. The number of pyridine rings is 1. The zero-order chi connectivity index (χ0) is 10.4. The van der Waals surface area contributed by atoms with Gasteiger partial charge in [-0.15, -0.1) is 0 Å². The van der Waals surface area contributed by atoms with Gasteiger partial charge in [-0.05, 0) is 5.56 Å². The van der Waals surface area contributed by atoms with E-state index < -0.39 is 11.5 Å². The van der Waals surface area contributed by atoms with Crippen molar-refractivity contribution in [3.8, 4) is 5.88 Å². The van der Waals surface area contributed by atoms with Gasteiger partial charge >= 0.3 is 0 Å². The first-order valence-electron chi connectivity index (χ1n) is 4.17. The summed E-state index contributed by atoms with van der Waals surface area (Å²) in [6, 6.07) is 3.05. The first-order valence-corrected chi connectivity index (χ1v) is 4.17. The van der Waals surface area contributed by atoms with E-state index in [2.05, 4.69) is 4.98 Å². The summed E-state index contributed by atoms with van der Waals surface area (Å²) in [7, 11) is 1.46. The van der Waals surface area contributed by atoms with Gasteiger partial charge in [-0.2, -0.15) is 0 Å². The van der Waals surface area contributed by atoms with Crippen LogP contribution in [0.5, 0.6) is 5.88 Å². The zero-order valence-electron chi connectivity index (χ0n) is 7.63. The van der Waals surface area contributed by atoms with E-state index >= 15 is 0 Å². The number of ether oxygens (including phenoxy) is 1. The van der Waals surface area contributed by atoms with E-state index in [1.807, 2.05) is 0 Å². The van der Waals surface area contributed by atoms with Crippen LogP contribution >= 0.6 is 0 Å². The molecule has 14 heavy (non-hydrogen) atoms. The molecule has 1 unspecified atom stereocenters. The third-order valence-corrected chi connectivity index (χ3v) is 2.49. The Morgan fingerprint density at radius 2 is 2.14 bits per heavy atom. The standard InChI is InChI=1S/C9H10F2N2O/c1-14-7-3-2-6(4-13-7)8(12)5-9(8,10)11/h2-4H,5,12H2,1H3. The number of rotatable bonds is 2. The SMILES string of the molecule is COc1ccc(C2(N)CC2(F)F)cn1. The van der Waals surface area contributed by atoms with Crippen LogP contribution in [0.15, 0.2) is 18.3 Å². The van der Waals surface area contributed by atoms with Crippen molar-refractivity contribution in [1.29, 1.82) is 0 Å². The fraction of sp³-hybridized carbons (Fsp3) is 0.444. The van der Waals surface area contributed by atoms with Gasteiger partial charge in [0.15, 0.2) is 0 Å². The number of nitrogens with zero attached hydrogens (tertiary/aromatic N) is 1. The number of halogens is 2. The predicted octanol–water partition coefficient (Wildman–Crippen LogP) is 1.28. The van der Waals surface area contributed by atoms with Crippen LogP contribution in [0.1, 0.15) is 12.0 Å². The van der Waals surface area contributed by atoms with E-state index in [0.29, 0.717) is 11.4 Å². The molecule has 0 bridgehead atoms. The van der Waals surface area contributed by atoms with Crippen LogP contribution in [-0.4, -0.2) is 18.0 Å². The molecule has 5 heteroatoms. The van der Waals surface area contributed by atoms with E-state index in [-0.39, 0.29) is 6.42 Å². The molecule has 0 radical (unpaired) electrons. The summed E-state index contributed by atoms with van der Waals surface area (Å²) < 4.78 is 30.5. The second-order valence-corrected chi connectivity index (χ2v) is 3.44. The monoisotopic (exact) mass is 200 g/mol. The molecular weight excluding hydrogens is 190 g/mol. The van der Waals surface area contributed by atoms with Gasteiger partial charge in [0.2, 0.25) is 5.88 Å². The van der Waals surface area contributed by atoms with Gasteiger partial charge in [-0.25, -0.2) is 13.8 Å². The first kappa shape index (κ1) is 9.33. The molecule has 2 rings (SSSR count). The molecule has 0 spiro atoms. The number of aromatic nitrogens is 1. The minimum Gasteiger partial charge on any atom is -0.481 e. The molecule has 1 aromatic rings. The van der Waals surface area contributed by atoms with Gasteiger partial charge in [-0.1, -0.05) is 6.07 Å². The lowest BCUT2D eigenvalue weighted by Crippen LogP contribution is -2.27. The Bertz CT molecular complexity index is 352. The van der Waals surface area contributed by atoms with E-state index in [1.54, 1.807) is 0 Å². The maximum Gasteiger partial charge on any atom is 0.272 e. The average Bonchev–Trinajstić information content (AvgIpc) is 2.68. The molecule has 0 saturated heterocycles. The fourth-order valence-corrected chi connectivity index (χ4v) is 1.38. The van der Waals surface area contributed by atoms with Gasteiger partial charge in [0.25, 0.3) is 5.92 Å². The Morgan fingerprint density at radius 1 is 1.50 bits per heavy atom. The maximum absolute atomic E-state index is 12.9. The van der Waals surface area contributed by atoms with Crippen molar-refractivity contribution in [2.24, 2.45) is 5.73 Å². The normalized spacial score (nSPS) is 28.6. The third kappa shape index (κ3) is 1.16. The number of nitrogens with two attached hydrogens (primary N) is 1. The van der Waals surface area contributed by atoms with Gasteiger partial charge in [0.1, 0.15) is 5.54 Å². The van der Waals surface area contributed by atoms with Crippen LogP contribution < -0.4 is 10.5 Å². The van der Waals surface area contributed by atoms with E-state index in [9.17, 15) is 8.78 Å². The minimum absolute atomic E-state index is 0.311. The van der Waals surface area contributed by atoms with Crippen LogP contribution in [0, 0.1) is 0 Å². The quantitative estimate of drug-likeness (QED) is 0.782. The summed E-state index contributed by atoms with van der Waals surface area (Å²) >= 11 is 0. The molecule has 1 aliphatic carbocycles. The van der Waals surface area contributed by atoms with Crippen LogP contribution in [-0.2, 0) is 5.54 Å². The van der Waals surface area contributed by atoms with Gasteiger partial charge in [0, 0.05) is 18.7 Å². The van der Waals surface area contributed by atoms with Crippen molar-refractivity contribution in [3.63, 3.8) is 0 Å². The van der Waals surface area contributed by atoms with Crippen molar-refractivity contribution in [2.45, 2.75) is 17.9 Å². The molecular formula is C9H10F2N2O. The zero-order valence-corrected chi connectivity index (χ0v) is 7.63. The highest BCUT2D eigenvalue weighted by Gasteiger charge is 2.70. The molecule has 0 aromatic carbocycles. The average molecular weight is 200 g/mol. The molecule has 1 atom stereocenters. The summed E-state index contributed by atoms with van der Waals surface area (Å²) in [5, 5.41) is 0. The number of hydrogen-bond donors (Lipinski definition) is 1. The summed E-state index contributed by atoms with van der Waals surface area (Å²) in [6.45, 7) is 0. The van der Waals surface area contributed by atoms with Gasteiger partial charge in [-0.3, -0.25) is 0 Å². The summed E-state index contributed by atoms with van der Waals surface area (Å²) in [4.78, 5) is 3.83. The second-order valence-electron chi connectivity index (χ2n) is 3.44. The van der Waals surface area contributed by atoms with Crippen molar-refractivity contribution < 1.29 is 13.5 Å². The smallest absolute Gasteiger partial charge is 0.272 e. The molecule has 0 amide bonds. The lowest BCUT2D eigenvalue weighted by atomic mass is 10.1. The topological polar surface area (TPSA) is 48.1 Å². The van der Waals surface area contributed by atoms with E-state index in [0.717, 1.165) is 0 Å². The summed E-state index contributed by atoms with van der Waals surface area (Å²) in [5.41, 5.74) is 4.34. The lowest BCUT2D eigenvalue weighted by Gasteiger charge is -2.10. The van der Waals surface area contributed by atoms with Gasteiger partial charge < -0.3 is 10.5 Å². The molecule has 1 aromatic heterocycles. The summed E-state index contributed by atoms with van der Waals surface area (Å²) in [6.07, 6.45) is 1.02. The van der Waals surface area contributed by atoms with Crippen molar-refractivity contribution in [1.82, 2.24) is 4.98 Å². The Kier molecular flexibility index (Phi) is 1.75. The van der Waals surface area contributed by atoms with Gasteiger partial charge in [0.05, 0.1) is 7.11 Å².